The normalized spacial score (nSPS) is 22.4. The molecular weight excluding hydrogens is 410 g/mol. The van der Waals surface area contributed by atoms with Gasteiger partial charge in [0, 0.05) is 30.3 Å². The highest BCUT2D eigenvalue weighted by Gasteiger charge is 2.48. The topological polar surface area (TPSA) is 85.3 Å². The summed E-state index contributed by atoms with van der Waals surface area (Å²) in [6.07, 6.45) is 1.57. The van der Waals surface area contributed by atoms with Gasteiger partial charge in [0.15, 0.2) is 0 Å². The van der Waals surface area contributed by atoms with Crippen LogP contribution in [0.3, 0.4) is 0 Å². The molecule has 2 aliphatic heterocycles. The number of likely N-dealkylation sites (tertiary alicyclic amines) is 1. The molecule has 1 N–H and O–H groups in total. The number of aliphatic hydroxyl groups is 1. The Morgan fingerprint density at radius 3 is 2.50 bits per heavy atom. The van der Waals surface area contributed by atoms with Crippen LogP contribution in [-0.2, 0) is 14.3 Å². The molecule has 2 aliphatic rings. The number of Topliss-reactive ketones (excluding diaryl/α,β-unsaturated/α-hetero) is 1. The van der Waals surface area contributed by atoms with Gasteiger partial charge in [-0.3, -0.25) is 9.59 Å². The second kappa shape index (κ2) is 9.04. The average molecular weight is 437 g/mol. The summed E-state index contributed by atoms with van der Waals surface area (Å²) in [7, 11) is 3.07. The van der Waals surface area contributed by atoms with Gasteiger partial charge in [0.1, 0.15) is 17.3 Å². The van der Waals surface area contributed by atoms with Gasteiger partial charge in [0.05, 0.1) is 31.9 Å². The van der Waals surface area contributed by atoms with E-state index >= 15 is 0 Å². The van der Waals surface area contributed by atoms with E-state index in [1.54, 1.807) is 37.4 Å². The van der Waals surface area contributed by atoms with Crippen molar-refractivity contribution >= 4 is 17.4 Å². The van der Waals surface area contributed by atoms with Crippen LogP contribution in [0.4, 0.5) is 0 Å². The maximum Gasteiger partial charge on any atom is 0.295 e. The standard InChI is InChI=1S/C25H27NO6/c1-15-6-8-16(9-7-15)23(27)21-22(19-11-10-17(30-2)13-20(19)31-3)26(25(29)24(21)28)14-18-5-4-12-32-18/h6-11,13,18,22,27H,4-5,12,14H2,1-3H3/t18-,22-/m1/s1. The Morgan fingerprint density at radius 2 is 1.88 bits per heavy atom. The minimum atomic E-state index is -0.804. The summed E-state index contributed by atoms with van der Waals surface area (Å²) in [5, 5.41) is 11.2. The van der Waals surface area contributed by atoms with Gasteiger partial charge >= 0.3 is 0 Å². The second-order valence-electron chi connectivity index (χ2n) is 8.06. The molecule has 0 aromatic heterocycles. The summed E-state index contributed by atoms with van der Waals surface area (Å²) in [6, 6.07) is 11.6. The fourth-order valence-corrected chi connectivity index (χ4v) is 4.31. The van der Waals surface area contributed by atoms with Crippen molar-refractivity contribution in [2.24, 2.45) is 0 Å². The van der Waals surface area contributed by atoms with Crippen LogP contribution in [0, 0.1) is 6.92 Å². The summed E-state index contributed by atoms with van der Waals surface area (Å²) in [5.74, 6) is -0.536. The number of aryl methyl sites for hydroxylation is 1. The highest BCUT2D eigenvalue weighted by molar-refractivity contribution is 6.46. The van der Waals surface area contributed by atoms with E-state index in [-0.39, 0.29) is 24.0 Å². The predicted molar refractivity (Wildman–Crippen MR) is 119 cm³/mol. The summed E-state index contributed by atoms with van der Waals surface area (Å²) >= 11 is 0. The van der Waals surface area contributed by atoms with E-state index in [2.05, 4.69) is 0 Å². The molecule has 7 nitrogen and oxygen atoms in total. The first kappa shape index (κ1) is 21.9. The molecule has 2 saturated heterocycles. The van der Waals surface area contributed by atoms with E-state index < -0.39 is 17.7 Å². The fraction of sp³-hybridized carbons (Fsp3) is 0.360. The van der Waals surface area contributed by atoms with Crippen molar-refractivity contribution < 1.29 is 28.9 Å². The zero-order chi connectivity index (χ0) is 22.8. The van der Waals surface area contributed by atoms with E-state index in [0.717, 1.165) is 18.4 Å². The zero-order valence-electron chi connectivity index (χ0n) is 18.5. The monoisotopic (exact) mass is 437 g/mol. The van der Waals surface area contributed by atoms with Crippen LogP contribution < -0.4 is 9.47 Å². The molecule has 4 rings (SSSR count). The highest BCUT2D eigenvalue weighted by Crippen LogP contribution is 2.44. The molecule has 0 saturated carbocycles. The number of rotatable bonds is 6. The second-order valence-corrected chi connectivity index (χ2v) is 8.06. The SMILES string of the molecule is COc1ccc([C@@H]2C(=C(O)c3ccc(C)cc3)C(=O)C(=O)N2C[C@H]2CCCO2)c(OC)c1. The first-order chi connectivity index (χ1) is 15.4. The fourth-order valence-electron chi connectivity index (χ4n) is 4.31. The molecular formula is C25H27NO6. The van der Waals surface area contributed by atoms with Crippen LogP contribution in [0.5, 0.6) is 11.5 Å². The minimum absolute atomic E-state index is 0.0420. The highest BCUT2D eigenvalue weighted by atomic mass is 16.5. The Balaban J connectivity index is 1.87. The molecule has 168 valence electrons. The van der Waals surface area contributed by atoms with Gasteiger partial charge in [-0.25, -0.2) is 0 Å². The molecule has 0 spiro atoms. The largest absolute Gasteiger partial charge is 0.507 e. The number of hydrogen-bond donors (Lipinski definition) is 1. The summed E-state index contributed by atoms with van der Waals surface area (Å²) in [6.45, 7) is 2.83. The van der Waals surface area contributed by atoms with Crippen molar-refractivity contribution in [1.82, 2.24) is 4.90 Å². The number of nitrogens with zero attached hydrogens (tertiary/aromatic N) is 1. The number of hydrogen-bond acceptors (Lipinski definition) is 6. The molecule has 2 aromatic carbocycles. The van der Waals surface area contributed by atoms with Crippen LogP contribution in [0.25, 0.3) is 5.76 Å². The maximum atomic E-state index is 13.2. The number of aliphatic hydroxyl groups excluding tert-OH is 1. The Labute approximate surface area is 187 Å². The number of ether oxygens (including phenoxy) is 3. The zero-order valence-corrected chi connectivity index (χ0v) is 18.5. The Kier molecular flexibility index (Phi) is 6.19. The molecule has 2 aromatic rings. The van der Waals surface area contributed by atoms with Crippen LogP contribution in [0.15, 0.2) is 48.0 Å². The molecule has 2 fully saturated rings. The third-order valence-corrected chi connectivity index (χ3v) is 6.02. The Bertz CT molecular complexity index is 1050. The summed E-state index contributed by atoms with van der Waals surface area (Å²) in [4.78, 5) is 27.8. The molecule has 0 bridgehead atoms. The van der Waals surface area contributed by atoms with Gasteiger partial charge in [-0.05, 0) is 31.9 Å². The molecule has 1 amide bonds. The summed E-state index contributed by atoms with van der Waals surface area (Å²) in [5.41, 5.74) is 2.14. The van der Waals surface area contributed by atoms with Crippen molar-refractivity contribution in [2.45, 2.75) is 31.9 Å². The lowest BCUT2D eigenvalue weighted by molar-refractivity contribution is -0.140. The van der Waals surface area contributed by atoms with E-state index in [9.17, 15) is 14.7 Å². The third kappa shape index (κ3) is 3.96. The molecule has 0 radical (unpaired) electrons. The van der Waals surface area contributed by atoms with Gasteiger partial charge in [-0.2, -0.15) is 0 Å². The number of amides is 1. The lowest BCUT2D eigenvalue weighted by Crippen LogP contribution is -2.36. The molecule has 2 atom stereocenters. The van der Waals surface area contributed by atoms with Crippen molar-refractivity contribution in [1.29, 1.82) is 0 Å². The van der Waals surface area contributed by atoms with E-state index in [1.165, 1.54) is 12.0 Å². The Morgan fingerprint density at radius 1 is 1.12 bits per heavy atom. The molecule has 0 aliphatic carbocycles. The van der Waals surface area contributed by atoms with Crippen LogP contribution in [0.1, 0.15) is 35.6 Å². The first-order valence-corrected chi connectivity index (χ1v) is 10.6. The van der Waals surface area contributed by atoms with Crippen LogP contribution in [-0.4, -0.2) is 55.2 Å². The molecule has 0 unspecified atom stereocenters. The van der Waals surface area contributed by atoms with Crippen molar-refractivity contribution in [3.05, 3.63) is 64.7 Å². The number of benzene rings is 2. The maximum absolute atomic E-state index is 13.2. The van der Waals surface area contributed by atoms with Gasteiger partial charge in [-0.1, -0.05) is 29.8 Å². The van der Waals surface area contributed by atoms with E-state index in [0.29, 0.717) is 29.2 Å². The number of carbonyl (C=O) groups excluding carboxylic acids is 2. The van der Waals surface area contributed by atoms with Gasteiger partial charge in [-0.15, -0.1) is 0 Å². The lowest BCUT2D eigenvalue weighted by atomic mass is 9.94. The Hall–Kier alpha value is -3.32. The van der Waals surface area contributed by atoms with Gasteiger partial charge < -0.3 is 24.2 Å². The summed E-state index contributed by atoms with van der Waals surface area (Å²) < 4.78 is 16.6. The van der Waals surface area contributed by atoms with E-state index in [1.807, 2.05) is 19.1 Å². The lowest BCUT2D eigenvalue weighted by Gasteiger charge is -2.28. The minimum Gasteiger partial charge on any atom is -0.507 e. The predicted octanol–water partition coefficient (Wildman–Crippen LogP) is 3.61. The first-order valence-electron chi connectivity index (χ1n) is 10.6. The van der Waals surface area contributed by atoms with Crippen molar-refractivity contribution in [2.75, 3.05) is 27.4 Å². The third-order valence-electron chi connectivity index (χ3n) is 6.02. The smallest absolute Gasteiger partial charge is 0.295 e. The van der Waals surface area contributed by atoms with Gasteiger partial charge in [0.2, 0.25) is 0 Å². The number of carbonyl (C=O) groups is 2. The molecule has 7 heteroatoms. The number of methoxy groups -OCH3 is 2. The van der Waals surface area contributed by atoms with Crippen molar-refractivity contribution in [3.63, 3.8) is 0 Å². The average Bonchev–Trinajstić information content (AvgIpc) is 3.41. The molecule has 32 heavy (non-hydrogen) atoms. The molecule has 2 heterocycles. The number of ketones is 1. The van der Waals surface area contributed by atoms with Crippen LogP contribution >= 0.6 is 0 Å². The quantitative estimate of drug-likeness (QED) is 0.422. The van der Waals surface area contributed by atoms with Gasteiger partial charge in [0.25, 0.3) is 11.7 Å². The van der Waals surface area contributed by atoms with Crippen LogP contribution in [0.2, 0.25) is 0 Å². The van der Waals surface area contributed by atoms with E-state index in [4.69, 9.17) is 14.2 Å². The van der Waals surface area contributed by atoms with Crippen molar-refractivity contribution in [3.8, 4) is 11.5 Å².